The molecule has 3 rings (SSSR count). The van der Waals surface area contributed by atoms with Crippen LogP contribution in [-0.4, -0.2) is 37.7 Å². The zero-order valence-electron chi connectivity index (χ0n) is 14.0. The second-order valence-electron chi connectivity index (χ2n) is 5.16. The number of H-pyrrole nitrogens is 3. The molecule has 27 heavy (non-hydrogen) atoms. The fraction of sp³-hybridized carbons (Fsp3) is 0.125. The van der Waals surface area contributed by atoms with E-state index in [2.05, 4.69) is 30.6 Å². The third kappa shape index (κ3) is 4.07. The summed E-state index contributed by atoms with van der Waals surface area (Å²) in [6.07, 6.45) is 3.25. The second-order valence-corrected chi connectivity index (χ2v) is 5.57. The molecule has 2 heterocycles. The van der Waals surface area contributed by atoms with Gasteiger partial charge in [0.2, 0.25) is 0 Å². The monoisotopic (exact) mass is 383 g/mol. The minimum absolute atomic E-state index is 0.0713. The number of aromatic nitrogens is 6. The first-order valence-electron chi connectivity index (χ1n) is 7.59. The predicted octanol–water partition coefficient (Wildman–Crippen LogP) is 1.58. The lowest BCUT2D eigenvalue weighted by Crippen LogP contribution is -2.13. The molecule has 0 bridgehead atoms. The standard InChI is InChI=1S/C16H13N7O3S/c1-25-12-4-2-3-9(14(12)26-8-13-20-22-23-21-13)5-6-11-10(7-17)15(24)19-16(27)18-11/h2-6H,8H2,1H3,(H2,18,19,24,27)(H,20,21,22,23)/b6-5+. The van der Waals surface area contributed by atoms with Gasteiger partial charge in [-0.25, -0.2) is 5.10 Å². The van der Waals surface area contributed by atoms with Crippen LogP contribution in [0.5, 0.6) is 11.5 Å². The summed E-state index contributed by atoms with van der Waals surface area (Å²) in [6.45, 7) is 0.102. The minimum atomic E-state index is -0.555. The molecular weight excluding hydrogens is 370 g/mol. The van der Waals surface area contributed by atoms with Crippen molar-refractivity contribution in [2.24, 2.45) is 0 Å². The maximum absolute atomic E-state index is 11.8. The SMILES string of the molecule is COc1cccc(/C=C/c2[nH]c(=S)[nH]c(=O)c2C#N)c1OCc1nnn[nH]1. The Morgan fingerprint density at radius 1 is 1.33 bits per heavy atom. The Morgan fingerprint density at radius 3 is 2.89 bits per heavy atom. The van der Waals surface area contributed by atoms with Crippen molar-refractivity contribution in [1.82, 2.24) is 30.6 Å². The minimum Gasteiger partial charge on any atom is -0.493 e. The van der Waals surface area contributed by atoms with Gasteiger partial charge in [-0.1, -0.05) is 12.1 Å². The van der Waals surface area contributed by atoms with Gasteiger partial charge in [0.05, 0.1) is 12.8 Å². The van der Waals surface area contributed by atoms with Crippen molar-refractivity contribution in [3.63, 3.8) is 0 Å². The van der Waals surface area contributed by atoms with Gasteiger partial charge < -0.3 is 14.5 Å². The van der Waals surface area contributed by atoms with Crippen LogP contribution in [0.25, 0.3) is 12.2 Å². The Morgan fingerprint density at radius 2 is 2.19 bits per heavy atom. The fourth-order valence-electron chi connectivity index (χ4n) is 2.27. The lowest BCUT2D eigenvalue weighted by molar-refractivity contribution is 0.276. The molecular formula is C16H13N7O3S. The summed E-state index contributed by atoms with van der Waals surface area (Å²) >= 11 is 4.96. The van der Waals surface area contributed by atoms with E-state index in [-0.39, 0.29) is 16.9 Å². The molecule has 0 aliphatic carbocycles. The van der Waals surface area contributed by atoms with Crippen molar-refractivity contribution in [2.45, 2.75) is 6.61 Å². The van der Waals surface area contributed by atoms with E-state index in [1.54, 1.807) is 30.4 Å². The molecule has 0 saturated heterocycles. The average Bonchev–Trinajstić information content (AvgIpc) is 3.18. The third-order valence-electron chi connectivity index (χ3n) is 3.48. The van der Waals surface area contributed by atoms with Crippen molar-refractivity contribution in [1.29, 1.82) is 5.26 Å². The number of para-hydroxylation sites is 1. The summed E-state index contributed by atoms with van der Waals surface area (Å²) in [5.74, 6) is 1.40. The van der Waals surface area contributed by atoms with Crippen LogP contribution in [0.1, 0.15) is 22.6 Å². The molecule has 0 aliphatic heterocycles. The highest BCUT2D eigenvalue weighted by atomic mass is 32.1. The molecule has 136 valence electrons. The van der Waals surface area contributed by atoms with Gasteiger partial charge in [0.1, 0.15) is 18.2 Å². The molecule has 0 fully saturated rings. The highest BCUT2D eigenvalue weighted by Crippen LogP contribution is 2.32. The van der Waals surface area contributed by atoms with Crippen molar-refractivity contribution in [2.75, 3.05) is 7.11 Å². The Balaban J connectivity index is 1.97. The molecule has 0 radical (unpaired) electrons. The molecule has 0 aliphatic rings. The Labute approximate surface area is 157 Å². The van der Waals surface area contributed by atoms with Gasteiger partial charge in [0, 0.05) is 5.56 Å². The molecule has 0 spiro atoms. The maximum atomic E-state index is 11.8. The molecule has 0 atom stereocenters. The first-order chi connectivity index (χ1) is 13.1. The highest BCUT2D eigenvalue weighted by Gasteiger charge is 2.11. The molecule has 0 saturated carbocycles. The molecule has 2 aromatic heterocycles. The van der Waals surface area contributed by atoms with Crippen LogP contribution >= 0.6 is 12.2 Å². The second kappa shape index (κ2) is 8.07. The number of methoxy groups -OCH3 is 1. The molecule has 3 N–H and O–H groups in total. The van der Waals surface area contributed by atoms with Crippen molar-refractivity contribution >= 4 is 24.4 Å². The highest BCUT2D eigenvalue weighted by molar-refractivity contribution is 7.71. The number of nitrogens with zero attached hydrogens (tertiary/aromatic N) is 4. The smallest absolute Gasteiger partial charge is 0.270 e. The molecule has 0 amide bonds. The van der Waals surface area contributed by atoms with E-state index in [9.17, 15) is 10.1 Å². The topological polar surface area (TPSA) is 145 Å². The maximum Gasteiger partial charge on any atom is 0.270 e. The number of benzene rings is 1. The number of nitriles is 1. The van der Waals surface area contributed by atoms with Gasteiger partial charge in [-0.15, -0.1) is 5.10 Å². The Hall–Kier alpha value is -3.78. The zero-order chi connectivity index (χ0) is 19.2. The fourth-order valence-corrected chi connectivity index (χ4v) is 2.48. The third-order valence-corrected chi connectivity index (χ3v) is 3.69. The van der Waals surface area contributed by atoms with Gasteiger partial charge in [-0.05, 0) is 40.9 Å². The number of aromatic amines is 3. The lowest BCUT2D eigenvalue weighted by atomic mass is 10.1. The van der Waals surface area contributed by atoms with Gasteiger partial charge >= 0.3 is 0 Å². The van der Waals surface area contributed by atoms with E-state index in [0.29, 0.717) is 28.6 Å². The van der Waals surface area contributed by atoms with E-state index in [4.69, 9.17) is 21.7 Å². The first-order valence-corrected chi connectivity index (χ1v) is 8.00. The van der Waals surface area contributed by atoms with Crippen LogP contribution in [0.4, 0.5) is 0 Å². The van der Waals surface area contributed by atoms with Crippen LogP contribution in [0.15, 0.2) is 23.0 Å². The molecule has 1 aromatic carbocycles. The van der Waals surface area contributed by atoms with E-state index in [1.807, 2.05) is 6.07 Å². The van der Waals surface area contributed by atoms with Crippen LogP contribution in [-0.2, 0) is 6.61 Å². The van der Waals surface area contributed by atoms with Crippen LogP contribution in [0.2, 0.25) is 0 Å². The Bertz CT molecular complexity index is 1130. The Kier molecular flexibility index (Phi) is 5.38. The van der Waals surface area contributed by atoms with Crippen LogP contribution in [0.3, 0.4) is 0 Å². The molecule has 0 unspecified atom stereocenters. The van der Waals surface area contributed by atoms with Crippen molar-refractivity contribution < 1.29 is 9.47 Å². The lowest BCUT2D eigenvalue weighted by Gasteiger charge is -2.12. The average molecular weight is 383 g/mol. The summed E-state index contributed by atoms with van der Waals surface area (Å²) in [7, 11) is 1.52. The summed E-state index contributed by atoms with van der Waals surface area (Å²) < 4.78 is 11.2. The normalized spacial score (nSPS) is 10.7. The number of nitrogens with one attached hydrogen (secondary N) is 3. The van der Waals surface area contributed by atoms with E-state index in [1.165, 1.54) is 7.11 Å². The van der Waals surface area contributed by atoms with E-state index >= 15 is 0 Å². The molecule has 10 nitrogen and oxygen atoms in total. The number of tetrazole rings is 1. The summed E-state index contributed by atoms with van der Waals surface area (Å²) in [6, 6.07) is 7.17. The summed E-state index contributed by atoms with van der Waals surface area (Å²) in [5, 5.41) is 22.5. The largest absolute Gasteiger partial charge is 0.493 e. The quantitative estimate of drug-likeness (QED) is 0.544. The van der Waals surface area contributed by atoms with E-state index in [0.717, 1.165) is 0 Å². The van der Waals surface area contributed by atoms with E-state index < -0.39 is 5.56 Å². The summed E-state index contributed by atoms with van der Waals surface area (Å²) in [5.41, 5.74) is 0.323. The van der Waals surface area contributed by atoms with Crippen LogP contribution in [0, 0.1) is 16.1 Å². The summed E-state index contributed by atoms with van der Waals surface area (Å²) in [4.78, 5) is 17.0. The first kappa shape index (κ1) is 18.0. The number of ether oxygens (including phenoxy) is 2. The van der Waals surface area contributed by atoms with Crippen molar-refractivity contribution in [3.8, 4) is 17.6 Å². The van der Waals surface area contributed by atoms with Gasteiger partial charge in [-0.3, -0.25) is 9.78 Å². The molecule has 11 heteroatoms. The predicted molar refractivity (Wildman–Crippen MR) is 97.4 cm³/mol. The number of rotatable bonds is 6. The molecule has 3 aromatic rings. The van der Waals surface area contributed by atoms with Gasteiger partial charge in [0.25, 0.3) is 5.56 Å². The van der Waals surface area contributed by atoms with Gasteiger partial charge in [-0.2, -0.15) is 5.26 Å². The van der Waals surface area contributed by atoms with Crippen LogP contribution < -0.4 is 15.0 Å². The number of hydrogen-bond acceptors (Lipinski definition) is 8. The van der Waals surface area contributed by atoms with Gasteiger partial charge in [0.15, 0.2) is 22.1 Å². The zero-order valence-corrected chi connectivity index (χ0v) is 14.8. The van der Waals surface area contributed by atoms with Crippen molar-refractivity contribution in [3.05, 3.63) is 56.0 Å². The number of hydrogen-bond donors (Lipinski definition) is 3.